The molecule has 0 aliphatic heterocycles. The highest BCUT2D eigenvalue weighted by Gasteiger charge is 2.02. The number of benzene rings is 1. The predicted molar refractivity (Wildman–Crippen MR) is 66.4 cm³/mol. The maximum Gasteiger partial charge on any atom is 0.238 e. The molecule has 0 unspecified atom stereocenters. The molecule has 0 atom stereocenters. The van der Waals surface area contributed by atoms with E-state index in [9.17, 15) is 4.79 Å². The standard InChI is InChI=1S/C11H16N2OS/c1-8-6-10(13-11(14)7-12)3-2-9(8)4-5-15/h2-3,6,15H,4-5,7,12H2,1H3,(H,13,14). The lowest BCUT2D eigenvalue weighted by Gasteiger charge is -2.08. The zero-order valence-electron chi connectivity index (χ0n) is 8.79. The van der Waals surface area contributed by atoms with E-state index in [4.69, 9.17) is 5.73 Å². The van der Waals surface area contributed by atoms with Crippen LogP contribution in [-0.4, -0.2) is 18.2 Å². The summed E-state index contributed by atoms with van der Waals surface area (Å²) in [4.78, 5) is 11.1. The van der Waals surface area contributed by atoms with E-state index in [1.807, 2.05) is 25.1 Å². The fourth-order valence-corrected chi connectivity index (χ4v) is 1.63. The Balaban J connectivity index is 2.77. The van der Waals surface area contributed by atoms with Gasteiger partial charge in [-0.15, -0.1) is 0 Å². The second-order valence-electron chi connectivity index (χ2n) is 3.37. The lowest BCUT2D eigenvalue weighted by Crippen LogP contribution is -2.21. The lowest BCUT2D eigenvalue weighted by atomic mass is 10.1. The third kappa shape index (κ3) is 3.57. The largest absolute Gasteiger partial charge is 0.325 e. The van der Waals surface area contributed by atoms with Gasteiger partial charge in [-0.05, 0) is 42.4 Å². The summed E-state index contributed by atoms with van der Waals surface area (Å²) in [5, 5.41) is 2.72. The summed E-state index contributed by atoms with van der Waals surface area (Å²) in [5.41, 5.74) is 8.44. The summed E-state index contributed by atoms with van der Waals surface area (Å²) in [6, 6.07) is 5.85. The fourth-order valence-electron chi connectivity index (χ4n) is 1.39. The molecule has 0 spiro atoms. The Bertz CT molecular complexity index is 352. The predicted octanol–water partition coefficient (Wildman–Crippen LogP) is 1.36. The van der Waals surface area contributed by atoms with Gasteiger partial charge in [0.25, 0.3) is 0 Å². The molecule has 0 fully saturated rings. The van der Waals surface area contributed by atoms with Crippen LogP contribution in [0, 0.1) is 6.92 Å². The number of nitrogens with two attached hydrogens (primary N) is 1. The molecule has 0 saturated heterocycles. The normalized spacial score (nSPS) is 10.1. The van der Waals surface area contributed by atoms with Crippen molar-refractivity contribution in [3.8, 4) is 0 Å². The first-order valence-corrected chi connectivity index (χ1v) is 5.51. The van der Waals surface area contributed by atoms with E-state index in [0.717, 1.165) is 17.9 Å². The SMILES string of the molecule is Cc1cc(NC(=O)CN)ccc1CCS. The number of hydrogen-bond acceptors (Lipinski definition) is 3. The highest BCUT2D eigenvalue weighted by Crippen LogP contribution is 2.15. The Morgan fingerprint density at radius 1 is 1.53 bits per heavy atom. The third-order valence-electron chi connectivity index (χ3n) is 2.19. The van der Waals surface area contributed by atoms with Crippen LogP contribution in [0.4, 0.5) is 5.69 Å². The number of carbonyl (C=O) groups excluding carboxylic acids is 1. The number of anilines is 1. The van der Waals surface area contributed by atoms with E-state index in [0.29, 0.717) is 0 Å². The summed E-state index contributed by atoms with van der Waals surface area (Å²) < 4.78 is 0. The van der Waals surface area contributed by atoms with E-state index in [-0.39, 0.29) is 12.5 Å². The van der Waals surface area contributed by atoms with Crippen LogP contribution in [0.5, 0.6) is 0 Å². The van der Waals surface area contributed by atoms with Gasteiger partial charge in [0.2, 0.25) is 5.91 Å². The average Bonchev–Trinajstić information content (AvgIpc) is 2.22. The van der Waals surface area contributed by atoms with Crippen LogP contribution in [0.2, 0.25) is 0 Å². The maximum atomic E-state index is 11.1. The zero-order valence-corrected chi connectivity index (χ0v) is 9.68. The molecule has 0 saturated carbocycles. The number of amides is 1. The summed E-state index contributed by atoms with van der Waals surface area (Å²) in [7, 11) is 0. The molecule has 0 aliphatic rings. The minimum absolute atomic E-state index is 0.0113. The van der Waals surface area contributed by atoms with Gasteiger partial charge in [0.1, 0.15) is 0 Å². The third-order valence-corrected chi connectivity index (χ3v) is 2.42. The lowest BCUT2D eigenvalue weighted by molar-refractivity contribution is -0.114. The number of rotatable bonds is 4. The molecule has 0 bridgehead atoms. The molecule has 0 aromatic heterocycles. The van der Waals surface area contributed by atoms with Crippen LogP contribution in [0.3, 0.4) is 0 Å². The molecule has 0 heterocycles. The van der Waals surface area contributed by atoms with Gasteiger partial charge in [0, 0.05) is 5.69 Å². The molecule has 0 aliphatic carbocycles. The van der Waals surface area contributed by atoms with Gasteiger partial charge in [0.05, 0.1) is 6.54 Å². The van der Waals surface area contributed by atoms with Crippen LogP contribution in [-0.2, 0) is 11.2 Å². The molecule has 15 heavy (non-hydrogen) atoms. The molecular formula is C11H16N2OS. The monoisotopic (exact) mass is 224 g/mol. The van der Waals surface area contributed by atoms with Crippen molar-refractivity contribution in [2.45, 2.75) is 13.3 Å². The van der Waals surface area contributed by atoms with Gasteiger partial charge in [-0.25, -0.2) is 0 Å². The molecule has 3 nitrogen and oxygen atoms in total. The van der Waals surface area contributed by atoms with E-state index < -0.39 is 0 Å². The first-order chi connectivity index (χ1) is 7.17. The molecule has 1 rings (SSSR count). The number of nitrogens with one attached hydrogen (secondary N) is 1. The number of carbonyl (C=O) groups is 1. The van der Waals surface area contributed by atoms with E-state index in [2.05, 4.69) is 17.9 Å². The Morgan fingerprint density at radius 3 is 2.80 bits per heavy atom. The van der Waals surface area contributed by atoms with Gasteiger partial charge < -0.3 is 11.1 Å². The molecule has 1 aromatic rings. The summed E-state index contributed by atoms with van der Waals surface area (Å²) in [5.74, 6) is 0.659. The van der Waals surface area contributed by atoms with Crippen LogP contribution in [0.25, 0.3) is 0 Å². The summed E-state index contributed by atoms with van der Waals surface area (Å²) in [6.45, 7) is 2.04. The van der Waals surface area contributed by atoms with Crippen molar-refractivity contribution in [1.29, 1.82) is 0 Å². The first-order valence-electron chi connectivity index (χ1n) is 4.87. The average molecular weight is 224 g/mol. The van der Waals surface area contributed by atoms with Gasteiger partial charge in [-0.1, -0.05) is 6.07 Å². The highest BCUT2D eigenvalue weighted by molar-refractivity contribution is 7.80. The Morgan fingerprint density at radius 2 is 2.27 bits per heavy atom. The second-order valence-corrected chi connectivity index (χ2v) is 3.81. The topological polar surface area (TPSA) is 55.1 Å². The van der Waals surface area contributed by atoms with Crippen LogP contribution >= 0.6 is 12.6 Å². The molecular weight excluding hydrogens is 208 g/mol. The molecule has 0 radical (unpaired) electrons. The Kier molecular flexibility index (Phi) is 4.65. The molecule has 3 N–H and O–H groups in total. The summed E-state index contributed by atoms with van der Waals surface area (Å²) >= 11 is 4.19. The number of hydrogen-bond donors (Lipinski definition) is 3. The van der Waals surface area contributed by atoms with Gasteiger partial charge in [-0.3, -0.25) is 4.79 Å². The van der Waals surface area contributed by atoms with Gasteiger partial charge in [-0.2, -0.15) is 12.6 Å². The van der Waals surface area contributed by atoms with Crippen molar-refractivity contribution in [2.75, 3.05) is 17.6 Å². The van der Waals surface area contributed by atoms with E-state index in [1.165, 1.54) is 11.1 Å². The summed E-state index contributed by atoms with van der Waals surface area (Å²) in [6.07, 6.45) is 0.945. The molecule has 1 amide bonds. The molecule has 1 aromatic carbocycles. The van der Waals surface area contributed by atoms with Crippen molar-refractivity contribution in [1.82, 2.24) is 0 Å². The number of aryl methyl sites for hydroxylation is 2. The zero-order chi connectivity index (χ0) is 11.3. The fraction of sp³-hybridized carbons (Fsp3) is 0.364. The number of thiol groups is 1. The maximum absolute atomic E-state index is 11.1. The van der Waals surface area contributed by atoms with Crippen molar-refractivity contribution >= 4 is 24.2 Å². The van der Waals surface area contributed by atoms with Crippen molar-refractivity contribution in [3.05, 3.63) is 29.3 Å². The van der Waals surface area contributed by atoms with Crippen molar-refractivity contribution in [2.24, 2.45) is 5.73 Å². The van der Waals surface area contributed by atoms with Gasteiger partial charge >= 0.3 is 0 Å². The van der Waals surface area contributed by atoms with E-state index >= 15 is 0 Å². The molecule has 82 valence electrons. The van der Waals surface area contributed by atoms with Crippen molar-refractivity contribution < 1.29 is 4.79 Å². The van der Waals surface area contributed by atoms with Crippen LogP contribution < -0.4 is 11.1 Å². The smallest absolute Gasteiger partial charge is 0.238 e. The minimum atomic E-state index is -0.170. The van der Waals surface area contributed by atoms with Gasteiger partial charge in [0.15, 0.2) is 0 Å². The first kappa shape index (κ1) is 12.1. The Labute approximate surface area is 95.5 Å². The highest BCUT2D eigenvalue weighted by atomic mass is 32.1. The van der Waals surface area contributed by atoms with Crippen LogP contribution in [0.15, 0.2) is 18.2 Å². The van der Waals surface area contributed by atoms with Crippen LogP contribution in [0.1, 0.15) is 11.1 Å². The van der Waals surface area contributed by atoms with Crippen molar-refractivity contribution in [3.63, 3.8) is 0 Å². The molecule has 4 heteroatoms. The van der Waals surface area contributed by atoms with E-state index in [1.54, 1.807) is 0 Å². The Hall–Kier alpha value is -1.00. The second kappa shape index (κ2) is 5.78. The minimum Gasteiger partial charge on any atom is -0.325 e. The quantitative estimate of drug-likeness (QED) is 0.676.